The maximum atomic E-state index is 13.5. The van der Waals surface area contributed by atoms with Gasteiger partial charge in [-0.2, -0.15) is 0 Å². The van der Waals surface area contributed by atoms with Gasteiger partial charge in [0.1, 0.15) is 5.52 Å². The molecule has 1 aliphatic heterocycles. The van der Waals surface area contributed by atoms with Gasteiger partial charge in [-0.1, -0.05) is 64.5 Å². The van der Waals surface area contributed by atoms with Crippen LogP contribution in [0.25, 0.3) is 21.5 Å². The van der Waals surface area contributed by atoms with Gasteiger partial charge in [0.15, 0.2) is 16.6 Å². The maximum Gasteiger partial charge on any atom is 0.282 e. The van der Waals surface area contributed by atoms with Crippen LogP contribution in [0.3, 0.4) is 0 Å². The van der Waals surface area contributed by atoms with Crippen molar-refractivity contribution in [3.63, 3.8) is 0 Å². The predicted molar refractivity (Wildman–Crippen MR) is 130 cm³/mol. The summed E-state index contributed by atoms with van der Waals surface area (Å²) in [6, 6.07) is 17.0. The molecule has 170 valence electrons. The minimum atomic E-state index is -0.238. The van der Waals surface area contributed by atoms with E-state index in [1.165, 1.54) is 11.3 Å². The molecule has 9 heteroatoms. The third-order valence-corrected chi connectivity index (χ3v) is 6.93. The van der Waals surface area contributed by atoms with E-state index >= 15 is 0 Å². The van der Waals surface area contributed by atoms with Crippen molar-refractivity contribution in [3.8, 4) is 11.3 Å². The van der Waals surface area contributed by atoms with Crippen LogP contribution in [-0.2, 0) is 4.74 Å². The van der Waals surface area contributed by atoms with Gasteiger partial charge in [-0.25, -0.2) is 4.98 Å². The molecule has 0 aliphatic carbocycles. The highest BCUT2D eigenvalue weighted by atomic mass is 35.5. The average Bonchev–Trinajstić information content (AvgIpc) is 3.51. The molecule has 1 fully saturated rings. The lowest BCUT2D eigenvalue weighted by atomic mass is 10.1. The van der Waals surface area contributed by atoms with Crippen LogP contribution in [0, 0.1) is 0 Å². The van der Waals surface area contributed by atoms with Crippen LogP contribution in [0.4, 0.5) is 5.13 Å². The fourth-order valence-corrected chi connectivity index (χ4v) is 5.12. The summed E-state index contributed by atoms with van der Waals surface area (Å²) in [7, 11) is 0. The van der Waals surface area contributed by atoms with E-state index in [0.29, 0.717) is 28.0 Å². The van der Waals surface area contributed by atoms with Gasteiger partial charge < -0.3 is 9.26 Å². The Morgan fingerprint density at radius 3 is 2.73 bits per heavy atom. The highest BCUT2D eigenvalue weighted by molar-refractivity contribution is 7.22. The van der Waals surface area contributed by atoms with Gasteiger partial charge in [0.2, 0.25) is 0 Å². The number of fused-ring (bicyclic) bond motifs is 1. The molecule has 7 nitrogen and oxygen atoms in total. The second kappa shape index (κ2) is 10.0. The van der Waals surface area contributed by atoms with Gasteiger partial charge in [0.05, 0.1) is 22.9 Å². The predicted octanol–water partition coefficient (Wildman–Crippen LogP) is 4.97. The molecule has 0 saturated carbocycles. The molecule has 0 radical (unpaired) electrons. The number of carbonyl (C=O) groups is 1. The van der Waals surface area contributed by atoms with Crippen molar-refractivity contribution in [2.75, 3.05) is 44.3 Å². The first-order chi connectivity index (χ1) is 16.2. The van der Waals surface area contributed by atoms with Crippen LogP contribution in [0.15, 0.2) is 59.1 Å². The van der Waals surface area contributed by atoms with E-state index in [0.717, 1.165) is 49.5 Å². The summed E-state index contributed by atoms with van der Waals surface area (Å²) < 4.78 is 11.8. The van der Waals surface area contributed by atoms with E-state index in [1.54, 1.807) is 11.0 Å². The zero-order chi connectivity index (χ0) is 22.6. The van der Waals surface area contributed by atoms with E-state index in [1.807, 2.05) is 48.5 Å². The Hall–Kier alpha value is -2.78. The van der Waals surface area contributed by atoms with Gasteiger partial charge in [0.25, 0.3) is 5.91 Å². The Morgan fingerprint density at radius 1 is 1.12 bits per heavy atom. The number of carbonyl (C=O) groups excluding carboxylic acids is 1. The van der Waals surface area contributed by atoms with E-state index in [2.05, 4.69) is 15.0 Å². The molecule has 1 aliphatic rings. The Morgan fingerprint density at radius 2 is 1.94 bits per heavy atom. The molecule has 5 rings (SSSR count). The molecular weight excluding hydrogens is 460 g/mol. The number of halogens is 1. The number of aromatic nitrogens is 2. The molecule has 2 aromatic carbocycles. The van der Waals surface area contributed by atoms with Crippen LogP contribution in [-0.4, -0.2) is 60.3 Å². The number of amides is 1. The average molecular weight is 483 g/mol. The van der Waals surface area contributed by atoms with Crippen LogP contribution in [0.1, 0.15) is 16.9 Å². The lowest BCUT2D eigenvalue weighted by Gasteiger charge is -2.27. The molecule has 0 unspecified atom stereocenters. The first kappa shape index (κ1) is 22.0. The van der Waals surface area contributed by atoms with Crippen LogP contribution < -0.4 is 4.90 Å². The second-order valence-corrected chi connectivity index (χ2v) is 9.21. The van der Waals surface area contributed by atoms with Crippen molar-refractivity contribution in [2.24, 2.45) is 0 Å². The maximum absolute atomic E-state index is 13.5. The largest absolute Gasteiger partial charge is 0.379 e. The van der Waals surface area contributed by atoms with Crippen molar-refractivity contribution in [1.29, 1.82) is 0 Å². The summed E-state index contributed by atoms with van der Waals surface area (Å²) >= 11 is 7.79. The fraction of sp³-hybridized carbons (Fsp3) is 0.292. The summed E-state index contributed by atoms with van der Waals surface area (Å²) in [5.41, 5.74) is 1.83. The summed E-state index contributed by atoms with van der Waals surface area (Å²) in [5, 5.41) is 5.24. The number of anilines is 1. The van der Waals surface area contributed by atoms with Crippen molar-refractivity contribution in [1.82, 2.24) is 15.0 Å². The molecule has 0 spiro atoms. The van der Waals surface area contributed by atoms with E-state index in [4.69, 9.17) is 20.9 Å². The topological polar surface area (TPSA) is 71.7 Å². The number of morpholine rings is 1. The van der Waals surface area contributed by atoms with Gasteiger partial charge in [-0.3, -0.25) is 14.6 Å². The van der Waals surface area contributed by atoms with E-state index in [-0.39, 0.29) is 11.6 Å². The first-order valence-electron chi connectivity index (χ1n) is 10.9. The van der Waals surface area contributed by atoms with Crippen molar-refractivity contribution in [3.05, 3.63) is 65.3 Å². The minimum Gasteiger partial charge on any atom is -0.379 e. The molecule has 1 saturated heterocycles. The Kier molecular flexibility index (Phi) is 6.68. The smallest absolute Gasteiger partial charge is 0.282 e. The van der Waals surface area contributed by atoms with Gasteiger partial charge in [-0.15, -0.1) is 0 Å². The zero-order valence-electron chi connectivity index (χ0n) is 17.9. The van der Waals surface area contributed by atoms with Crippen molar-refractivity contribution < 1.29 is 14.1 Å². The second-order valence-electron chi connectivity index (χ2n) is 7.79. The molecule has 0 atom stereocenters. The summed E-state index contributed by atoms with van der Waals surface area (Å²) in [6.45, 7) is 4.72. The van der Waals surface area contributed by atoms with Gasteiger partial charge in [0, 0.05) is 37.8 Å². The highest BCUT2D eigenvalue weighted by Gasteiger charge is 2.25. The summed E-state index contributed by atoms with van der Waals surface area (Å²) in [4.78, 5) is 22.3. The molecule has 2 aromatic heterocycles. The number of para-hydroxylation sites is 1. The molecule has 0 N–H and O–H groups in total. The highest BCUT2D eigenvalue weighted by Crippen LogP contribution is 2.33. The third-order valence-electron chi connectivity index (χ3n) is 5.58. The number of thiazole rings is 1. The number of hydrogen-bond acceptors (Lipinski definition) is 7. The van der Waals surface area contributed by atoms with Crippen LogP contribution in [0.5, 0.6) is 0 Å². The number of ether oxygens (including phenoxy) is 1. The van der Waals surface area contributed by atoms with E-state index < -0.39 is 0 Å². The standard InChI is InChI=1S/C24H23ClN4O3S/c25-18-8-4-9-21-22(18)26-24(33-21)29(11-5-10-28-12-14-31-15-13-28)23(30)19-16-20(32-27-19)17-6-2-1-3-7-17/h1-4,6-9,16H,5,10-15H2. The summed E-state index contributed by atoms with van der Waals surface area (Å²) in [5.74, 6) is 0.317. The van der Waals surface area contributed by atoms with Crippen LogP contribution >= 0.6 is 22.9 Å². The Labute approximate surface area is 200 Å². The molecule has 3 heterocycles. The fourth-order valence-electron chi connectivity index (χ4n) is 3.83. The summed E-state index contributed by atoms with van der Waals surface area (Å²) in [6.07, 6.45) is 0.804. The third kappa shape index (κ3) is 4.94. The molecule has 1 amide bonds. The Balaban J connectivity index is 1.40. The molecular formula is C24H23ClN4O3S. The number of nitrogens with zero attached hydrogens (tertiary/aromatic N) is 4. The minimum absolute atomic E-state index is 0.238. The number of rotatable bonds is 7. The molecule has 0 bridgehead atoms. The number of hydrogen-bond donors (Lipinski definition) is 0. The normalized spacial score (nSPS) is 14.6. The van der Waals surface area contributed by atoms with Crippen LogP contribution in [0.2, 0.25) is 5.02 Å². The zero-order valence-corrected chi connectivity index (χ0v) is 19.5. The number of benzene rings is 2. The molecule has 33 heavy (non-hydrogen) atoms. The monoisotopic (exact) mass is 482 g/mol. The lowest BCUT2D eigenvalue weighted by Crippen LogP contribution is -2.39. The SMILES string of the molecule is O=C(c1cc(-c2ccccc2)on1)N(CCCN1CCOCC1)c1nc2c(Cl)cccc2s1. The first-order valence-corrected chi connectivity index (χ1v) is 12.1. The quantitative estimate of drug-likeness (QED) is 0.370. The molecule has 4 aromatic rings. The van der Waals surface area contributed by atoms with Gasteiger partial charge in [-0.05, 0) is 18.6 Å². The lowest BCUT2D eigenvalue weighted by molar-refractivity contribution is 0.0376. The van der Waals surface area contributed by atoms with Crippen molar-refractivity contribution >= 4 is 44.2 Å². The Bertz CT molecular complexity index is 1240. The van der Waals surface area contributed by atoms with Crippen molar-refractivity contribution in [2.45, 2.75) is 6.42 Å². The van der Waals surface area contributed by atoms with Gasteiger partial charge >= 0.3 is 0 Å². The van der Waals surface area contributed by atoms with E-state index in [9.17, 15) is 4.79 Å².